The van der Waals surface area contributed by atoms with Crippen LogP contribution in [-0.4, -0.2) is 75.9 Å². The van der Waals surface area contributed by atoms with E-state index in [4.69, 9.17) is 4.74 Å². The number of carbonyl (C=O) groups excluding carboxylic acids is 1. The van der Waals surface area contributed by atoms with Crippen molar-refractivity contribution < 1.29 is 31.5 Å². The number of nitrogens with one attached hydrogen (secondary N) is 1. The Hall–Kier alpha value is -2.97. The van der Waals surface area contributed by atoms with Gasteiger partial charge < -0.3 is 14.7 Å². The molecular formula is C26H31N3O7S3. The Morgan fingerprint density at radius 1 is 1.10 bits per heavy atom. The SMILES string of the molecule is C[C@H](CO)N1C[C@H](C)[C@@H](CN(C)S(=O)(=O)c2cccs2)Oc2c(NS(=O)(=O)c3ccccc3)cccc2C1=O. The number of amides is 1. The number of ether oxygens (including phenoxy) is 1. The number of anilines is 1. The van der Waals surface area contributed by atoms with Crippen LogP contribution in [0, 0.1) is 5.92 Å². The van der Waals surface area contributed by atoms with E-state index in [1.54, 1.807) is 36.6 Å². The number of rotatable bonds is 9. The number of sulfonamides is 2. The zero-order chi connectivity index (χ0) is 28.4. The third-order valence-corrected chi connectivity index (χ3v) is 11.2. The van der Waals surface area contributed by atoms with Gasteiger partial charge in [0, 0.05) is 19.5 Å². The summed E-state index contributed by atoms with van der Waals surface area (Å²) in [6.07, 6.45) is -0.757. The molecule has 10 nitrogen and oxygen atoms in total. The van der Waals surface area contributed by atoms with Gasteiger partial charge in [0.25, 0.3) is 26.0 Å². The average molecular weight is 594 g/mol. The van der Waals surface area contributed by atoms with Crippen LogP contribution in [0.4, 0.5) is 5.69 Å². The lowest BCUT2D eigenvalue weighted by atomic mass is 9.99. The van der Waals surface area contributed by atoms with Crippen molar-refractivity contribution >= 4 is 43.0 Å². The molecule has 39 heavy (non-hydrogen) atoms. The highest BCUT2D eigenvalue weighted by Gasteiger charge is 2.36. The molecule has 0 saturated carbocycles. The van der Waals surface area contributed by atoms with Crippen LogP contribution in [0.5, 0.6) is 5.75 Å². The second-order valence-corrected chi connectivity index (χ2v) is 14.3. The van der Waals surface area contributed by atoms with Crippen LogP contribution in [0.1, 0.15) is 24.2 Å². The Labute approximate surface area is 232 Å². The summed E-state index contributed by atoms with van der Waals surface area (Å²) in [4.78, 5) is 15.2. The first-order valence-corrected chi connectivity index (χ1v) is 16.0. The minimum absolute atomic E-state index is 0.00406. The lowest BCUT2D eigenvalue weighted by Crippen LogP contribution is -2.50. The normalized spacial score (nSPS) is 19.1. The Bertz CT molecular complexity index is 1510. The van der Waals surface area contributed by atoms with Crippen LogP contribution in [0.3, 0.4) is 0 Å². The molecule has 0 aliphatic carbocycles. The summed E-state index contributed by atoms with van der Waals surface area (Å²) < 4.78 is 62.8. The van der Waals surface area contributed by atoms with Crippen LogP contribution in [0.25, 0.3) is 0 Å². The van der Waals surface area contributed by atoms with Gasteiger partial charge >= 0.3 is 0 Å². The van der Waals surface area contributed by atoms with E-state index >= 15 is 0 Å². The highest BCUT2D eigenvalue weighted by molar-refractivity contribution is 7.92. The van der Waals surface area contributed by atoms with Crippen LogP contribution in [0.15, 0.2) is 75.1 Å². The number of carbonyl (C=O) groups is 1. The van der Waals surface area contributed by atoms with E-state index in [2.05, 4.69) is 4.72 Å². The Morgan fingerprint density at radius 3 is 2.46 bits per heavy atom. The summed E-state index contributed by atoms with van der Waals surface area (Å²) in [6.45, 7) is 3.37. The molecule has 1 aromatic heterocycles. The van der Waals surface area contributed by atoms with Crippen molar-refractivity contribution in [1.82, 2.24) is 9.21 Å². The van der Waals surface area contributed by atoms with E-state index in [9.17, 15) is 26.7 Å². The van der Waals surface area contributed by atoms with Gasteiger partial charge in [-0.1, -0.05) is 37.3 Å². The smallest absolute Gasteiger partial charge is 0.262 e. The fourth-order valence-electron chi connectivity index (χ4n) is 4.26. The second kappa shape index (κ2) is 11.6. The maximum atomic E-state index is 13.6. The number of hydrogen-bond acceptors (Lipinski definition) is 8. The molecular weight excluding hydrogens is 563 g/mol. The fraction of sp³-hybridized carbons (Fsp3) is 0.346. The molecule has 3 aromatic rings. The third-order valence-electron chi connectivity index (χ3n) is 6.59. The zero-order valence-corrected chi connectivity index (χ0v) is 24.2. The largest absolute Gasteiger partial charge is 0.486 e. The van der Waals surface area contributed by atoms with Gasteiger partial charge in [-0.05, 0) is 42.6 Å². The van der Waals surface area contributed by atoms with Gasteiger partial charge in [-0.15, -0.1) is 11.3 Å². The molecule has 1 amide bonds. The lowest BCUT2D eigenvalue weighted by Gasteiger charge is -2.38. The van der Waals surface area contributed by atoms with Crippen molar-refractivity contribution in [1.29, 1.82) is 0 Å². The molecule has 2 aromatic carbocycles. The summed E-state index contributed by atoms with van der Waals surface area (Å²) in [6, 6.07) is 15.0. The maximum Gasteiger partial charge on any atom is 0.262 e. The molecule has 210 valence electrons. The highest BCUT2D eigenvalue weighted by Crippen LogP contribution is 2.36. The van der Waals surface area contributed by atoms with Crippen molar-refractivity contribution in [2.24, 2.45) is 5.92 Å². The van der Waals surface area contributed by atoms with Crippen molar-refractivity contribution in [3.05, 3.63) is 71.6 Å². The van der Waals surface area contributed by atoms with Crippen molar-refractivity contribution in [3.63, 3.8) is 0 Å². The first kappa shape index (κ1) is 29.0. The van der Waals surface area contributed by atoms with E-state index in [0.717, 1.165) is 11.3 Å². The van der Waals surface area contributed by atoms with Gasteiger partial charge in [-0.2, -0.15) is 4.31 Å². The van der Waals surface area contributed by atoms with Gasteiger partial charge in [0.2, 0.25) is 0 Å². The maximum absolute atomic E-state index is 13.6. The van der Waals surface area contributed by atoms with E-state index in [-0.39, 0.29) is 51.7 Å². The van der Waals surface area contributed by atoms with Gasteiger partial charge in [0.15, 0.2) is 5.75 Å². The number of aliphatic hydroxyl groups is 1. The van der Waals surface area contributed by atoms with E-state index in [1.165, 1.54) is 52.7 Å². The fourth-order valence-corrected chi connectivity index (χ4v) is 7.73. The molecule has 1 aliphatic rings. The Balaban J connectivity index is 1.77. The lowest BCUT2D eigenvalue weighted by molar-refractivity contribution is 0.0389. The van der Waals surface area contributed by atoms with Gasteiger partial charge in [0.05, 0.1) is 35.3 Å². The van der Waals surface area contributed by atoms with Gasteiger partial charge in [0.1, 0.15) is 10.3 Å². The topological polar surface area (TPSA) is 133 Å². The molecule has 0 saturated heterocycles. The summed E-state index contributed by atoms with van der Waals surface area (Å²) >= 11 is 1.10. The third kappa shape index (κ3) is 6.12. The zero-order valence-electron chi connectivity index (χ0n) is 21.7. The first-order valence-electron chi connectivity index (χ1n) is 12.2. The number of likely N-dealkylation sites (N-methyl/N-ethyl adjacent to an activating group) is 1. The minimum atomic E-state index is -4.03. The van der Waals surface area contributed by atoms with Crippen LogP contribution < -0.4 is 9.46 Å². The average Bonchev–Trinajstić information content (AvgIpc) is 3.47. The first-order chi connectivity index (χ1) is 18.5. The van der Waals surface area contributed by atoms with Crippen molar-refractivity contribution in [2.45, 2.75) is 35.1 Å². The number of benzene rings is 2. The van der Waals surface area contributed by atoms with Gasteiger partial charge in [-0.25, -0.2) is 16.8 Å². The summed E-state index contributed by atoms with van der Waals surface area (Å²) in [7, 11) is -6.37. The number of nitrogens with zero attached hydrogens (tertiary/aromatic N) is 2. The number of aliphatic hydroxyl groups excluding tert-OH is 1. The monoisotopic (exact) mass is 593 g/mol. The number of hydrogen-bond donors (Lipinski definition) is 2. The summed E-state index contributed by atoms with van der Waals surface area (Å²) in [5.41, 5.74) is 0.147. The molecule has 1 aliphatic heterocycles. The van der Waals surface area contributed by atoms with Crippen LogP contribution >= 0.6 is 11.3 Å². The quantitative estimate of drug-likeness (QED) is 0.390. The molecule has 0 unspecified atom stereocenters. The number of thiophene rings is 1. The molecule has 2 N–H and O–H groups in total. The molecule has 13 heteroatoms. The van der Waals surface area contributed by atoms with Crippen molar-refractivity contribution in [3.8, 4) is 5.75 Å². The molecule has 0 bridgehead atoms. The molecule has 0 fully saturated rings. The van der Waals surface area contributed by atoms with E-state index in [0.29, 0.717) is 0 Å². The molecule has 4 rings (SSSR count). The van der Waals surface area contributed by atoms with Crippen molar-refractivity contribution in [2.75, 3.05) is 31.5 Å². The Morgan fingerprint density at radius 2 is 1.82 bits per heavy atom. The Kier molecular flexibility index (Phi) is 8.66. The molecule has 2 heterocycles. The summed E-state index contributed by atoms with van der Waals surface area (Å²) in [5, 5.41) is 11.5. The predicted octanol–water partition coefficient (Wildman–Crippen LogP) is 3.09. The van der Waals surface area contributed by atoms with Crippen LogP contribution in [0.2, 0.25) is 0 Å². The molecule has 0 spiro atoms. The molecule has 3 atom stereocenters. The minimum Gasteiger partial charge on any atom is -0.486 e. The predicted molar refractivity (Wildman–Crippen MR) is 149 cm³/mol. The standard InChI is InChI=1S/C26H31N3O7S3/c1-18-15-29(19(2)17-30)26(31)21-11-7-12-22(27-38(32,33)20-9-5-4-6-10-20)25(21)36-23(18)16-28(3)39(34,35)24-13-8-14-37-24/h4-14,18-19,23,27,30H,15-17H2,1-3H3/t18-,19+,23+/m0/s1. The summed E-state index contributed by atoms with van der Waals surface area (Å²) in [5.74, 6) is -0.816. The number of para-hydroxylation sites is 1. The molecule has 0 radical (unpaired) electrons. The van der Waals surface area contributed by atoms with E-state index in [1.807, 2.05) is 6.92 Å². The van der Waals surface area contributed by atoms with Gasteiger partial charge in [-0.3, -0.25) is 9.52 Å². The second-order valence-electron chi connectivity index (χ2n) is 9.44. The number of fused-ring (bicyclic) bond motifs is 1. The highest BCUT2D eigenvalue weighted by atomic mass is 32.2. The van der Waals surface area contributed by atoms with E-state index < -0.39 is 38.1 Å². The van der Waals surface area contributed by atoms with Crippen LogP contribution in [-0.2, 0) is 20.0 Å².